The van der Waals surface area contributed by atoms with Crippen LogP contribution in [0.2, 0.25) is 0 Å². The van der Waals surface area contributed by atoms with Gasteiger partial charge in [0.05, 0.1) is 7.11 Å². The number of hydrogen-bond donors (Lipinski definition) is 0. The number of ether oxygens (including phenoxy) is 3. The summed E-state index contributed by atoms with van der Waals surface area (Å²) in [6, 6.07) is 8.89. The number of fused-ring (bicyclic) bond motifs is 1. The Morgan fingerprint density at radius 1 is 1.25 bits per heavy atom. The van der Waals surface area contributed by atoms with Gasteiger partial charge in [0.25, 0.3) is 5.91 Å². The standard InChI is InChI=1S/C18H20N2O4/c1-12(2)19-16-6-4-5-7-20(16)18(21)13-10-14(22-3)17-15(11-13)23-8-9-24-17/h4-7,10-12H,8-9H2,1-3H3. The summed E-state index contributed by atoms with van der Waals surface area (Å²) in [6.07, 6.45) is 1.70. The van der Waals surface area contributed by atoms with E-state index in [4.69, 9.17) is 14.2 Å². The summed E-state index contributed by atoms with van der Waals surface area (Å²) in [4.78, 5) is 17.4. The van der Waals surface area contributed by atoms with E-state index < -0.39 is 0 Å². The fraction of sp³-hybridized carbons (Fsp3) is 0.333. The summed E-state index contributed by atoms with van der Waals surface area (Å²) >= 11 is 0. The molecule has 0 bridgehead atoms. The maximum Gasteiger partial charge on any atom is 0.263 e. The summed E-state index contributed by atoms with van der Waals surface area (Å²) in [5.74, 6) is 1.33. The van der Waals surface area contributed by atoms with Crippen LogP contribution < -0.4 is 19.7 Å². The first-order valence-electron chi connectivity index (χ1n) is 7.84. The van der Waals surface area contributed by atoms with Crippen LogP contribution in [0.25, 0.3) is 0 Å². The highest BCUT2D eigenvalue weighted by Gasteiger charge is 2.21. The molecule has 1 aromatic heterocycles. The molecule has 3 rings (SSSR count). The van der Waals surface area contributed by atoms with Crippen LogP contribution in [-0.2, 0) is 0 Å². The second-order valence-electron chi connectivity index (χ2n) is 5.66. The molecule has 0 N–H and O–H groups in total. The van der Waals surface area contributed by atoms with E-state index in [0.29, 0.717) is 41.5 Å². The third-order valence-electron chi connectivity index (χ3n) is 3.52. The first-order valence-corrected chi connectivity index (χ1v) is 7.84. The lowest BCUT2D eigenvalue weighted by molar-refractivity contribution is 0.0952. The molecule has 6 heteroatoms. The fourth-order valence-corrected chi connectivity index (χ4v) is 2.51. The molecule has 0 spiro atoms. The van der Waals surface area contributed by atoms with E-state index in [1.165, 1.54) is 11.7 Å². The van der Waals surface area contributed by atoms with Crippen LogP contribution in [0.3, 0.4) is 0 Å². The van der Waals surface area contributed by atoms with Crippen LogP contribution in [-0.4, -0.2) is 36.8 Å². The first kappa shape index (κ1) is 16.1. The summed E-state index contributed by atoms with van der Waals surface area (Å²) < 4.78 is 18.0. The Hall–Kier alpha value is -2.76. The van der Waals surface area contributed by atoms with Gasteiger partial charge in [-0.05, 0) is 38.1 Å². The zero-order chi connectivity index (χ0) is 17.1. The van der Waals surface area contributed by atoms with E-state index in [0.717, 1.165) is 0 Å². The second-order valence-corrected chi connectivity index (χ2v) is 5.66. The third kappa shape index (κ3) is 3.13. The van der Waals surface area contributed by atoms with Crippen molar-refractivity contribution in [2.45, 2.75) is 19.9 Å². The van der Waals surface area contributed by atoms with E-state index in [9.17, 15) is 4.79 Å². The van der Waals surface area contributed by atoms with Crippen LogP contribution in [0.15, 0.2) is 41.5 Å². The van der Waals surface area contributed by atoms with Gasteiger partial charge in [-0.15, -0.1) is 0 Å². The molecule has 0 saturated carbocycles. The number of carbonyl (C=O) groups is 1. The van der Waals surface area contributed by atoms with Crippen molar-refractivity contribution in [3.63, 3.8) is 0 Å². The Kier molecular flexibility index (Phi) is 4.55. The number of rotatable bonds is 3. The summed E-state index contributed by atoms with van der Waals surface area (Å²) in [6.45, 7) is 4.84. The van der Waals surface area contributed by atoms with E-state index in [-0.39, 0.29) is 11.9 Å². The molecule has 6 nitrogen and oxygen atoms in total. The van der Waals surface area contributed by atoms with E-state index >= 15 is 0 Å². The Morgan fingerprint density at radius 3 is 2.79 bits per heavy atom. The average Bonchev–Trinajstić information content (AvgIpc) is 2.60. The van der Waals surface area contributed by atoms with Gasteiger partial charge in [-0.2, -0.15) is 0 Å². The Labute approximate surface area is 140 Å². The molecule has 126 valence electrons. The predicted molar refractivity (Wildman–Crippen MR) is 88.8 cm³/mol. The predicted octanol–water partition coefficient (Wildman–Crippen LogP) is 2.27. The molecule has 1 aromatic carbocycles. The van der Waals surface area contributed by atoms with Crippen molar-refractivity contribution in [2.75, 3.05) is 20.3 Å². The lowest BCUT2D eigenvalue weighted by atomic mass is 10.1. The molecule has 0 atom stereocenters. The van der Waals surface area contributed by atoms with Crippen LogP contribution in [0, 0.1) is 0 Å². The summed E-state index contributed by atoms with van der Waals surface area (Å²) in [5, 5.41) is 0. The highest BCUT2D eigenvalue weighted by Crippen LogP contribution is 2.40. The number of benzene rings is 1. The zero-order valence-electron chi connectivity index (χ0n) is 14.0. The van der Waals surface area contributed by atoms with Crippen molar-refractivity contribution >= 4 is 5.91 Å². The van der Waals surface area contributed by atoms with Crippen molar-refractivity contribution in [1.82, 2.24) is 4.57 Å². The van der Waals surface area contributed by atoms with Gasteiger partial charge < -0.3 is 14.2 Å². The van der Waals surface area contributed by atoms with Gasteiger partial charge in [0.1, 0.15) is 18.7 Å². The lowest BCUT2D eigenvalue weighted by Gasteiger charge is -2.21. The molecule has 1 aliphatic rings. The monoisotopic (exact) mass is 328 g/mol. The second kappa shape index (κ2) is 6.78. The minimum atomic E-state index is -0.203. The maximum atomic E-state index is 13.0. The molecular weight excluding hydrogens is 308 g/mol. The molecule has 24 heavy (non-hydrogen) atoms. The van der Waals surface area contributed by atoms with Crippen molar-refractivity contribution in [3.8, 4) is 17.2 Å². The van der Waals surface area contributed by atoms with Gasteiger partial charge in [0.2, 0.25) is 5.75 Å². The lowest BCUT2D eigenvalue weighted by Crippen LogP contribution is -2.28. The van der Waals surface area contributed by atoms with Gasteiger partial charge in [-0.25, -0.2) is 0 Å². The summed E-state index contributed by atoms with van der Waals surface area (Å²) in [5.41, 5.74) is 1.05. The van der Waals surface area contributed by atoms with Crippen LogP contribution in [0.5, 0.6) is 17.2 Å². The van der Waals surface area contributed by atoms with Crippen molar-refractivity contribution in [2.24, 2.45) is 4.99 Å². The van der Waals surface area contributed by atoms with Gasteiger partial charge >= 0.3 is 0 Å². The van der Waals surface area contributed by atoms with E-state index in [2.05, 4.69) is 4.99 Å². The number of hydrogen-bond acceptors (Lipinski definition) is 5. The minimum absolute atomic E-state index is 0.0845. The number of aromatic nitrogens is 1. The highest BCUT2D eigenvalue weighted by molar-refractivity contribution is 5.97. The molecule has 0 radical (unpaired) electrons. The van der Waals surface area contributed by atoms with Gasteiger partial charge in [-0.3, -0.25) is 14.4 Å². The minimum Gasteiger partial charge on any atom is -0.493 e. The van der Waals surface area contributed by atoms with Crippen LogP contribution >= 0.6 is 0 Å². The third-order valence-corrected chi connectivity index (χ3v) is 3.52. The van der Waals surface area contributed by atoms with E-state index in [1.54, 1.807) is 24.4 Å². The Balaban J connectivity index is 2.09. The number of methoxy groups -OCH3 is 1. The molecule has 0 saturated heterocycles. The number of carbonyl (C=O) groups excluding carboxylic acids is 1. The summed E-state index contributed by atoms with van der Waals surface area (Å²) in [7, 11) is 1.54. The smallest absolute Gasteiger partial charge is 0.263 e. The molecule has 1 aliphatic heterocycles. The Morgan fingerprint density at radius 2 is 2.04 bits per heavy atom. The SMILES string of the molecule is COc1cc(C(=O)n2ccccc2=NC(C)C)cc2c1OCCO2. The highest BCUT2D eigenvalue weighted by atomic mass is 16.6. The molecule has 2 aromatic rings. The van der Waals surface area contributed by atoms with Gasteiger partial charge in [0, 0.05) is 17.8 Å². The van der Waals surface area contributed by atoms with Gasteiger partial charge in [0.15, 0.2) is 11.5 Å². The van der Waals surface area contributed by atoms with Crippen molar-refractivity contribution in [1.29, 1.82) is 0 Å². The quantitative estimate of drug-likeness (QED) is 0.867. The number of pyridine rings is 1. The molecule has 0 amide bonds. The molecule has 0 aliphatic carbocycles. The zero-order valence-corrected chi connectivity index (χ0v) is 14.0. The number of nitrogens with zero attached hydrogens (tertiary/aromatic N) is 2. The normalized spacial score (nSPS) is 13.9. The molecule has 0 unspecified atom stereocenters. The molecule has 0 fully saturated rings. The Bertz CT molecular complexity index is 807. The van der Waals surface area contributed by atoms with Crippen molar-refractivity contribution in [3.05, 3.63) is 47.6 Å². The van der Waals surface area contributed by atoms with Crippen LogP contribution in [0.1, 0.15) is 24.2 Å². The largest absolute Gasteiger partial charge is 0.493 e. The average molecular weight is 328 g/mol. The first-order chi connectivity index (χ1) is 11.6. The van der Waals surface area contributed by atoms with Crippen LogP contribution in [0.4, 0.5) is 0 Å². The molecule has 2 heterocycles. The fourth-order valence-electron chi connectivity index (χ4n) is 2.51. The molecular formula is C18H20N2O4. The van der Waals surface area contributed by atoms with E-state index in [1.807, 2.05) is 26.0 Å². The van der Waals surface area contributed by atoms with Crippen molar-refractivity contribution < 1.29 is 19.0 Å². The van der Waals surface area contributed by atoms with Gasteiger partial charge in [-0.1, -0.05) is 6.07 Å². The topological polar surface area (TPSA) is 62.1 Å². The maximum absolute atomic E-state index is 13.0.